The minimum Gasteiger partial charge on any atom is -0.294 e. The molecule has 0 unspecified atom stereocenters. The lowest BCUT2D eigenvalue weighted by atomic mass is 10.1. The van der Waals surface area contributed by atoms with Crippen LogP contribution in [0.2, 0.25) is 0 Å². The average Bonchev–Trinajstić information content (AvgIpc) is 1.95. The van der Waals surface area contributed by atoms with Gasteiger partial charge in [-0.2, -0.15) is 0 Å². The van der Waals surface area contributed by atoms with Gasteiger partial charge in [0.25, 0.3) is 0 Å². The van der Waals surface area contributed by atoms with Gasteiger partial charge in [-0.3, -0.25) is 4.94 Å². The molecule has 2 heteroatoms. The van der Waals surface area contributed by atoms with Crippen LogP contribution in [0.15, 0.2) is 18.2 Å². The molecular weight excluding hydrogens is 131 g/mol. The second-order valence-corrected chi connectivity index (χ2v) is 2.28. The number of hydrogen-bond acceptors (Lipinski definition) is 1. The molecule has 1 aromatic rings. The Morgan fingerprint density at radius 1 is 1.30 bits per heavy atom. The molecule has 0 heterocycles. The Labute approximate surface area is 59.3 Å². The average molecular weight is 140 g/mol. The van der Waals surface area contributed by atoms with Gasteiger partial charge >= 0.3 is 0 Å². The van der Waals surface area contributed by atoms with Crippen LogP contribution in [0, 0.1) is 13.8 Å². The van der Waals surface area contributed by atoms with Crippen LogP contribution in [-0.4, -0.2) is 0 Å². The quantitative estimate of drug-likeness (QED) is 0.582. The van der Waals surface area contributed by atoms with Crippen LogP contribution in [-0.2, 0) is 0 Å². The molecule has 0 aromatic heterocycles. The van der Waals surface area contributed by atoms with E-state index in [1.807, 2.05) is 19.9 Å². The maximum Gasteiger partial charge on any atom is 0.175 e. The Bertz CT molecular complexity index is 233. The van der Waals surface area contributed by atoms with E-state index in [1.165, 1.54) is 0 Å². The third-order valence-electron chi connectivity index (χ3n) is 1.64. The fourth-order valence-electron chi connectivity index (χ4n) is 0.808. The highest BCUT2D eigenvalue weighted by Gasteiger charge is 1.99. The molecule has 0 fully saturated rings. The molecule has 0 spiro atoms. The van der Waals surface area contributed by atoms with Crippen molar-refractivity contribution in [2.75, 3.05) is 0 Å². The zero-order chi connectivity index (χ0) is 7.56. The van der Waals surface area contributed by atoms with Crippen LogP contribution in [0.3, 0.4) is 0 Å². The predicted octanol–water partition coefficient (Wildman–Crippen LogP) is 2.57. The summed E-state index contributed by atoms with van der Waals surface area (Å²) in [4.78, 5) is 3.63. The Morgan fingerprint density at radius 2 is 2.00 bits per heavy atom. The molecule has 1 aromatic carbocycles. The number of rotatable bonds is 1. The minimum atomic E-state index is 0.306. The summed E-state index contributed by atoms with van der Waals surface area (Å²) in [6.45, 7) is 3.74. The van der Waals surface area contributed by atoms with E-state index in [9.17, 15) is 4.53 Å². The second-order valence-electron chi connectivity index (χ2n) is 2.28. The third-order valence-corrected chi connectivity index (χ3v) is 1.64. The maximum atomic E-state index is 11.7. The Hall–Kier alpha value is -1.05. The first-order valence-electron chi connectivity index (χ1n) is 3.10. The van der Waals surface area contributed by atoms with Crippen LogP contribution in [0.1, 0.15) is 11.1 Å². The topological polar surface area (TPSA) is 9.23 Å². The van der Waals surface area contributed by atoms with Crippen molar-refractivity contribution in [3.63, 3.8) is 0 Å². The summed E-state index contributed by atoms with van der Waals surface area (Å²) in [6, 6.07) is 5.28. The Morgan fingerprint density at radius 3 is 2.50 bits per heavy atom. The number of halogens is 1. The molecule has 0 aliphatic heterocycles. The van der Waals surface area contributed by atoms with Crippen LogP contribution in [0.25, 0.3) is 0 Å². The molecule has 1 nitrogen and oxygen atoms in total. The number of benzene rings is 1. The lowest BCUT2D eigenvalue weighted by Gasteiger charge is -2.01. The predicted molar refractivity (Wildman–Crippen MR) is 37.7 cm³/mol. The van der Waals surface area contributed by atoms with E-state index in [0.29, 0.717) is 5.75 Å². The van der Waals surface area contributed by atoms with Crippen molar-refractivity contribution < 1.29 is 9.47 Å². The number of aryl methyl sites for hydroxylation is 1. The lowest BCUT2D eigenvalue weighted by molar-refractivity contribution is -0.00707. The summed E-state index contributed by atoms with van der Waals surface area (Å²) < 4.78 is 11.7. The molecule has 0 atom stereocenters. The highest BCUT2D eigenvalue weighted by molar-refractivity contribution is 5.37. The SMILES string of the molecule is Cc1cccc(OF)c1C. The van der Waals surface area contributed by atoms with E-state index in [4.69, 9.17) is 0 Å². The lowest BCUT2D eigenvalue weighted by Crippen LogP contribution is -1.84. The molecule has 1 rings (SSSR count). The number of hydrogen-bond donors (Lipinski definition) is 0. The largest absolute Gasteiger partial charge is 0.294 e. The van der Waals surface area contributed by atoms with Crippen molar-refractivity contribution in [1.82, 2.24) is 0 Å². The Balaban J connectivity index is 3.14. The second kappa shape index (κ2) is 2.69. The summed E-state index contributed by atoms with van der Waals surface area (Å²) in [5.74, 6) is 0.306. The van der Waals surface area contributed by atoms with E-state index in [-0.39, 0.29) is 0 Å². The summed E-state index contributed by atoms with van der Waals surface area (Å²) in [5, 5.41) is 0. The molecule has 0 bridgehead atoms. The first-order valence-corrected chi connectivity index (χ1v) is 3.10. The van der Waals surface area contributed by atoms with E-state index in [2.05, 4.69) is 4.94 Å². The minimum absolute atomic E-state index is 0.306. The fourth-order valence-corrected chi connectivity index (χ4v) is 0.808. The van der Waals surface area contributed by atoms with Gasteiger partial charge in [-0.15, -0.1) is 0 Å². The van der Waals surface area contributed by atoms with Gasteiger partial charge < -0.3 is 0 Å². The van der Waals surface area contributed by atoms with Crippen LogP contribution in [0.5, 0.6) is 5.75 Å². The van der Waals surface area contributed by atoms with Gasteiger partial charge in [0.15, 0.2) is 5.75 Å². The van der Waals surface area contributed by atoms with Gasteiger partial charge in [0, 0.05) is 4.53 Å². The molecule has 0 aliphatic rings. The first kappa shape index (κ1) is 7.06. The molecular formula is C8H9FO. The molecule has 0 N–H and O–H groups in total. The third kappa shape index (κ3) is 1.10. The summed E-state index contributed by atoms with van der Waals surface area (Å²) in [5.41, 5.74) is 1.89. The van der Waals surface area contributed by atoms with Crippen molar-refractivity contribution in [1.29, 1.82) is 0 Å². The Kier molecular flexibility index (Phi) is 1.90. The summed E-state index contributed by atoms with van der Waals surface area (Å²) in [6.07, 6.45) is 0. The molecule has 0 amide bonds. The van der Waals surface area contributed by atoms with Crippen molar-refractivity contribution in [3.8, 4) is 5.75 Å². The monoisotopic (exact) mass is 140 g/mol. The normalized spacial score (nSPS) is 9.50. The van der Waals surface area contributed by atoms with Gasteiger partial charge in [0.05, 0.1) is 0 Å². The van der Waals surface area contributed by atoms with Crippen molar-refractivity contribution in [2.24, 2.45) is 0 Å². The van der Waals surface area contributed by atoms with Crippen LogP contribution < -0.4 is 4.94 Å². The summed E-state index contributed by atoms with van der Waals surface area (Å²) >= 11 is 0. The van der Waals surface area contributed by atoms with Crippen molar-refractivity contribution in [2.45, 2.75) is 13.8 Å². The van der Waals surface area contributed by atoms with Gasteiger partial charge in [0.1, 0.15) is 0 Å². The van der Waals surface area contributed by atoms with Crippen molar-refractivity contribution >= 4 is 0 Å². The van der Waals surface area contributed by atoms with E-state index in [0.717, 1.165) is 11.1 Å². The molecule has 10 heavy (non-hydrogen) atoms. The van der Waals surface area contributed by atoms with Gasteiger partial charge in [-0.25, -0.2) is 0 Å². The fraction of sp³-hybridized carbons (Fsp3) is 0.250. The molecule has 0 saturated carbocycles. The van der Waals surface area contributed by atoms with Gasteiger partial charge in [-0.1, -0.05) is 12.1 Å². The van der Waals surface area contributed by atoms with E-state index < -0.39 is 0 Å². The highest BCUT2D eigenvalue weighted by atomic mass is 19.3. The van der Waals surface area contributed by atoms with E-state index >= 15 is 0 Å². The molecule has 54 valence electrons. The zero-order valence-electron chi connectivity index (χ0n) is 6.02. The first-order chi connectivity index (χ1) is 4.75. The highest BCUT2D eigenvalue weighted by Crippen LogP contribution is 2.20. The molecule has 0 aliphatic carbocycles. The van der Waals surface area contributed by atoms with Gasteiger partial charge in [-0.05, 0) is 31.0 Å². The zero-order valence-corrected chi connectivity index (χ0v) is 6.02. The standard InChI is InChI=1S/C8H9FO/c1-6-4-3-5-8(10-9)7(6)2/h3-5H,1-2H3. The van der Waals surface area contributed by atoms with Crippen LogP contribution >= 0.6 is 0 Å². The summed E-state index contributed by atoms with van der Waals surface area (Å²) in [7, 11) is 0. The smallest absolute Gasteiger partial charge is 0.175 e. The van der Waals surface area contributed by atoms with Gasteiger partial charge in [0.2, 0.25) is 0 Å². The van der Waals surface area contributed by atoms with Crippen LogP contribution in [0.4, 0.5) is 4.53 Å². The van der Waals surface area contributed by atoms with Crippen molar-refractivity contribution in [3.05, 3.63) is 29.3 Å². The van der Waals surface area contributed by atoms with E-state index in [1.54, 1.807) is 12.1 Å². The maximum absolute atomic E-state index is 11.7. The molecule has 0 saturated heterocycles. The molecule has 0 radical (unpaired) electrons.